The van der Waals surface area contributed by atoms with Crippen LogP contribution in [0.15, 0.2) is 23.2 Å². The Morgan fingerprint density at radius 1 is 1.38 bits per heavy atom. The second-order valence-corrected chi connectivity index (χ2v) is 4.51. The highest BCUT2D eigenvalue weighted by molar-refractivity contribution is 5.92. The summed E-state index contributed by atoms with van der Waals surface area (Å²) in [6.07, 6.45) is 2.16. The van der Waals surface area contributed by atoms with Crippen LogP contribution in [0.3, 0.4) is 0 Å². The third-order valence-electron chi connectivity index (χ3n) is 2.94. The number of aliphatic imine (C=N–C) groups is 1. The van der Waals surface area contributed by atoms with Gasteiger partial charge >= 0.3 is 5.97 Å². The van der Waals surface area contributed by atoms with Crippen molar-refractivity contribution in [1.29, 1.82) is 0 Å². The summed E-state index contributed by atoms with van der Waals surface area (Å²) in [4.78, 5) is 15.8. The Morgan fingerprint density at radius 3 is 2.76 bits per heavy atom. The van der Waals surface area contributed by atoms with Crippen molar-refractivity contribution in [3.63, 3.8) is 0 Å². The molecule has 0 saturated heterocycles. The highest BCUT2D eigenvalue weighted by Gasteiger charge is 2.12. The van der Waals surface area contributed by atoms with Crippen molar-refractivity contribution in [2.75, 3.05) is 20.8 Å². The number of carbonyl (C=O) groups excluding carboxylic acids is 1. The predicted molar refractivity (Wildman–Crippen MR) is 82.6 cm³/mol. The Kier molecular flexibility index (Phi) is 7.08. The molecule has 1 aromatic carbocycles. The molecule has 0 aromatic heterocycles. The van der Waals surface area contributed by atoms with Crippen molar-refractivity contribution < 1.29 is 14.3 Å². The molecule has 21 heavy (non-hydrogen) atoms. The molecule has 0 aliphatic heterocycles. The number of hydrogen-bond donors (Lipinski definition) is 2. The maximum atomic E-state index is 11.6. The third kappa shape index (κ3) is 5.33. The van der Waals surface area contributed by atoms with Gasteiger partial charge in [-0.15, -0.1) is 0 Å². The van der Waals surface area contributed by atoms with Crippen LogP contribution in [0.25, 0.3) is 0 Å². The molecule has 0 amide bonds. The summed E-state index contributed by atoms with van der Waals surface area (Å²) < 4.78 is 9.89. The number of unbranched alkanes of at least 4 members (excludes halogenated alkanes) is 1. The van der Waals surface area contributed by atoms with Gasteiger partial charge in [0, 0.05) is 6.54 Å². The van der Waals surface area contributed by atoms with Crippen molar-refractivity contribution in [3.05, 3.63) is 29.3 Å². The van der Waals surface area contributed by atoms with Gasteiger partial charge in [-0.25, -0.2) is 9.79 Å². The van der Waals surface area contributed by atoms with E-state index in [-0.39, 0.29) is 0 Å². The van der Waals surface area contributed by atoms with Crippen LogP contribution in [0.2, 0.25) is 0 Å². The number of nitrogens with zero attached hydrogens (tertiary/aromatic N) is 1. The molecule has 6 nitrogen and oxygen atoms in total. The van der Waals surface area contributed by atoms with Crippen LogP contribution in [0, 0.1) is 0 Å². The standard InChI is InChI=1S/C15H23N3O3/c1-4-5-8-17-15(16)18-10-11-6-7-12(14(19)21-3)13(9-11)20-2/h6-7,9H,4-5,8,10H2,1-3H3,(H3,16,17,18). The molecule has 0 fully saturated rings. The van der Waals surface area contributed by atoms with Gasteiger partial charge in [-0.3, -0.25) is 0 Å². The SMILES string of the molecule is CCCCNC(N)=NCc1ccc(C(=O)OC)c(OC)c1. The second-order valence-electron chi connectivity index (χ2n) is 4.51. The lowest BCUT2D eigenvalue weighted by molar-refractivity contribution is 0.0597. The Hall–Kier alpha value is -2.24. The van der Waals surface area contributed by atoms with Crippen molar-refractivity contribution in [2.24, 2.45) is 10.7 Å². The van der Waals surface area contributed by atoms with E-state index in [4.69, 9.17) is 15.2 Å². The van der Waals surface area contributed by atoms with Gasteiger partial charge in [0.25, 0.3) is 0 Å². The van der Waals surface area contributed by atoms with Crippen LogP contribution in [0.5, 0.6) is 5.75 Å². The van der Waals surface area contributed by atoms with Crippen LogP contribution < -0.4 is 15.8 Å². The molecule has 0 unspecified atom stereocenters. The van der Waals surface area contributed by atoms with Gasteiger partial charge in [0.1, 0.15) is 11.3 Å². The van der Waals surface area contributed by atoms with Gasteiger partial charge in [-0.1, -0.05) is 19.4 Å². The molecule has 0 radical (unpaired) electrons. The molecule has 1 rings (SSSR count). The molecule has 0 saturated carbocycles. The van der Waals surface area contributed by atoms with Crippen LogP contribution in [0.1, 0.15) is 35.7 Å². The highest BCUT2D eigenvalue weighted by atomic mass is 16.5. The van der Waals surface area contributed by atoms with Gasteiger partial charge < -0.3 is 20.5 Å². The fraction of sp³-hybridized carbons (Fsp3) is 0.467. The minimum atomic E-state index is -0.428. The summed E-state index contributed by atoms with van der Waals surface area (Å²) in [5.41, 5.74) is 7.06. The monoisotopic (exact) mass is 293 g/mol. The van der Waals surface area contributed by atoms with Gasteiger partial charge in [0.05, 0.1) is 20.8 Å². The number of rotatable bonds is 7. The van der Waals surface area contributed by atoms with Crippen LogP contribution in [0.4, 0.5) is 0 Å². The summed E-state index contributed by atoms with van der Waals surface area (Å²) in [7, 11) is 2.85. The van der Waals surface area contributed by atoms with Gasteiger partial charge in [-0.05, 0) is 24.1 Å². The van der Waals surface area contributed by atoms with Gasteiger partial charge in [0.15, 0.2) is 5.96 Å². The van der Waals surface area contributed by atoms with Gasteiger partial charge in [-0.2, -0.15) is 0 Å². The van der Waals surface area contributed by atoms with Gasteiger partial charge in [0.2, 0.25) is 0 Å². The quantitative estimate of drug-likeness (QED) is 0.346. The lowest BCUT2D eigenvalue weighted by Gasteiger charge is -2.09. The minimum Gasteiger partial charge on any atom is -0.496 e. The summed E-state index contributed by atoms with van der Waals surface area (Å²) in [6.45, 7) is 3.35. The van der Waals surface area contributed by atoms with E-state index in [0.29, 0.717) is 23.8 Å². The fourth-order valence-electron chi connectivity index (χ4n) is 1.74. The first-order valence-corrected chi connectivity index (χ1v) is 6.91. The minimum absolute atomic E-state index is 0.391. The average Bonchev–Trinajstić information content (AvgIpc) is 2.52. The normalized spacial score (nSPS) is 11.1. The second kappa shape index (κ2) is 8.84. The molecule has 0 bridgehead atoms. The van der Waals surface area contributed by atoms with Crippen molar-refractivity contribution in [3.8, 4) is 5.75 Å². The largest absolute Gasteiger partial charge is 0.496 e. The molecule has 0 aliphatic rings. The van der Waals surface area contributed by atoms with E-state index in [1.54, 1.807) is 18.2 Å². The number of carbonyl (C=O) groups is 1. The van der Waals surface area contributed by atoms with E-state index < -0.39 is 5.97 Å². The summed E-state index contributed by atoms with van der Waals surface area (Å²) in [6, 6.07) is 5.23. The topological polar surface area (TPSA) is 85.9 Å². The smallest absolute Gasteiger partial charge is 0.341 e. The Bertz CT molecular complexity index is 501. The number of esters is 1. The first-order chi connectivity index (χ1) is 10.1. The van der Waals surface area contributed by atoms with Crippen molar-refractivity contribution >= 4 is 11.9 Å². The zero-order valence-electron chi connectivity index (χ0n) is 12.8. The number of guanidine groups is 1. The van der Waals surface area contributed by atoms with Crippen LogP contribution in [-0.4, -0.2) is 32.7 Å². The summed E-state index contributed by atoms with van der Waals surface area (Å²) >= 11 is 0. The summed E-state index contributed by atoms with van der Waals surface area (Å²) in [5.74, 6) is 0.453. The Morgan fingerprint density at radius 2 is 2.14 bits per heavy atom. The molecule has 116 valence electrons. The number of nitrogens with two attached hydrogens (primary N) is 1. The fourth-order valence-corrected chi connectivity index (χ4v) is 1.74. The molecule has 0 spiro atoms. The zero-order valence-corrected chi connectivity index (χ0v) is 12.8. The lowest BCUT2D eigenvalue weighted by Crippen LogP contribution is -2.32. The molecular weight excluding hydrogens is 270 g/mol. The molecule has 6 heteroatoms. The highest BCUT2D eigenvalue weighted by Crippen LogP contribution is 2.21. The maximum Gasteiger partial charge on any atom is 0.341 e. The van der Waals surface area contributed by atoms with E-state index in [1.807, 2.05) is 0 Å². The van der Waals surface area contributed by atoms with E-state index in [1.165, 1.54) is 14.2 Å². The van der Waals surface area contributed by atoms with E-state index >= 15 is 0 Å². The van der Waals surface area contributed by atoms with Crippen molar-refractivity contribution in [2.45, 2.75) is 26.3 Å². The number of methoxy groups -OCH3 is 2. The Labute approximate surface area is 125 Å². The number of hydrogen-bond acceptors (Lipinski definition) is 4. The molecule has 0 aliphatic carbocycles. The van der Waals surface area contributed by atoms with E-state index in [2.05, 4.69) is 17.2 Å². The average molecular weight is 293 g/mol. The van der Waals surface area contributed by atoms with E-state index in [9.17, 15) is 4.79 Å². The Balaban J connectivity index is 2.72. The number of benzene rings is 1. The third-order valence-corrected chi connectivity index (χ3v) is 2.94. The molecule has 0 heterocycles. The lowest BCUT2D eigenvalue weighted by atomic mass is 10.1. The number of ether oxygens (including phenoxy) is 2. The first kappa shape index (κ1) is 16.8. The zero-order chi connectivity index (χ0) is 15.7. The maximum absolute atomic E-state index is 11.6. The predicted octanol–water partition coefficient (Wildman–Crippen LogP) is 1.69. The van der Waals surface area contributed by atoms with Crippen LogP contribution >= 0.6 is 0 Å². The van der Waals surface area contributed by atoms with E-state index in [0.717, 1.165) is 24.9 Å². The van der Waals surface area contributed by atoms with Crippen molar-refractivity contribution in [1.82, 2.24) is 5.32 Å². The molecule has 0 atom stereocenters. The molecule has 1 aromatic rings. The first-order valence-electron chi connectivity index (χ1n) is 6.91. The molecule has 3 N–H and O–H groups in total. The number of nitrogens with one attached hydrogen (secondary N) is 1. The van der Waals surface area contributed by atoms with Crippen LogP contribution in [-0.2, 0) is 11.3 Å². The summed E-state index contributed by atoms with van der Waals surface area (Å²) in [5, 5.41) is 3.04. The molecular formula is C15H23N3O3.